The quantitative estimate of drug-likeness (QED) is 0.421. The van der Waals surface area contributed by atoms with Crippen molar-refractivity contribution in [3.63, 3.8) is 0 Å². The van der Waals surface area contributed by atoms with E-state index in [1.165, 1.54) is 22.8 Å². The fourth-order valence-corrected chi connectivity index (χ4v) is 0.354. The molecule has 0 saturated heterocycles. The van der Waals surface area contributed by atoms with Gasteiger partial charge < -0.3 is 4.90 Å². The van der Waals surface area contributed by atoms with Crippen molar-refractivity contribution < 1.29 is 4.79 Å². The molecule has 56 valence electrons. The molecule has 0 aromatic heterocycles. The number of nitrogens with zero attached hydrogens (tertiary/aromatic N) is 1. The van der Waals surface area contributed by atoms with Crippen molar-refractivity contribution >= 4 is 24.1 Å². The molecule has 0 aromatic carbocycles. The van der Waals surface area contributed by atoms with Gasteiger partial charge >= 0.3 is 42.6 Å². The van der Waals surface area contributed by atoms with Gasteiger partial charge in [0.25, 0.3) is 0 Å². The van der Waals surface area contributed by atoms with E-state index in [1.807, 2.05) is 0 Å². The van der Waals surface area contributed by atoms with Crippen LogP contribution >= 0.6 is 0 Å². The Labute approximate surface area is 73.2 Å². The second-order valence-electron chi connectivity index (χ2n) is 2.42. The summed E-state index contributed by atoms with van der Waals surface area (Å²) in [6.07, 6.45) is 3.48. The van der Waals surface area contributed by atoms with Gasteiger partial charge in [-0.2, -0.15) is 0 Å². The number of hydrogen-bond donors (Lipinski definition) is 0. The van der Waals surface area contributed by atoms with Crippen LogP contribution in [-0.4, -0.2) is 43.1 Å². The van der Waals surface area contributed by atoms with Crippen LogP contribution in [0.4, 0.5) is 0 Å². The average Bonchev–Trinajstić information content (AvgIpc) is 1.91. The van der Waals surface area contributed by atoms with Crippen LogP contribution in [-0.2, 0) is 4.79 Å². The molecule has 1 amide bonds. The van der Waals surface area contributed by atoms with Crippen LogP contribution in [0.3, 0.4) is 0 Å². The standard InChI is InChI=1S/C4H9.C3H7NO.Li/c1-3-4-2;1-4(2)3-5;/h1,3-4H2,2H3;3H,1-2H3;. The van der Waals surface area contributed by atoms with E-state index in [-0.39, 0.29) is 0 Å². The number of rotatable bonds is 3. The van der Waals surface area contributed by atoms with Gasteiger partial charge in [-0.25, -0.2) is 0 Å². The first-order chi connectivity index (χ1) is 4.68. The topological polar surface area (TPSA) is 20.3 Å². The molecule has 0 fully saturated rings. The Hall–Kier alpha value is 0.0674. The Morgan fingerprint density at radius 2 is 1.90 bits per heavy atom. The van der Waals surface area contributed by atoms with E-state index in [0.29, 0.717) is 0 Å². The monoisotopic (exact) mass is 137 g/mol. The maximum absolute atomic E-state index is 9.43. The second-order valence-corrected chi connectivity index (χ2v) is 2.42. The molecule has 0 atom stereocenters. The third kappa shape index (κ3) is 24.4. The molecule has 3 heteroatoms. The summed E-state index contributed by atoms with van der Waals surface area (Å²) in [5.41, 5.74) is 0. The van der Waals surface area contributed by atoms with Crippen molar-refractivity contribution in [3.8, 4) is 0 Å². The molecule has 0 aliphatic heterocycles. The number of unbranched alkanes of at least 4 members (excludes halogenated alkanes) is 1. The number of carbonyl (C=O) groups is 1. The maximum atomic E-state index is 9.43. The van der Waals surface area contributed by atoms with Crippen LogP contribution in [0, 0.1) is 0 Å². The van der Waals surface area contributed by atoms with Crippen LogP contribution in [0.1, 0.15) is 19.8 Å². The number of amides is 1. The zero-order valence-electron chi connectivity index (χ0n) is 7.55. The van der Waals surface area contributed by atoms with Crippen molar-refractivity contribution in [1.82, 2.24) is 4.90 Å². The molecule has 10 heavy (non-hydrogen) atoms. The van der Waals surface area contributed by atoms with Gasteiger partial charge in [0.2, 0.25) is 6.41 Å². The van der Waals surface area contributed by atoms with E-state index in [2.05, 4.69) is 24.6 Å². The molecule has 0 radical (unpaired) electrons. The van der Waals surface area contributed by atoms with Gasteiger partial charge in [0.05, 0.1) is 0 Å². The van der Waals surface area contributed by atoms with Gasteiger partial charge in [0.15, 0.2) is 0 Å². The van der Waals surface area contributed by atoms with Gasteiger partial charge in [0, 0.05) is 14.1 Å². The molecule has 0 heterocycles. The summed E-state index contributed by atoms with van der Waals surface area (Å²) < 4.78 is 0. The van der Waals surface area contributed by atoms with Gasteiger partial charge in [-0.1, -0.05) is 0 Å². The third-order valence-corrected chi connectivity index (χ3v) is 0.918. The van der Waals surface area contributed by atoms with Crippen LogP contribution in [0.25, 0.3) is 0 Å². The Morgan fingerprint density at radius 3 is 1.90 bits per heavy atom. The molecule has 0 N–H and O–H groups in total. The fourth-order valence-electron chi connectivity index (χ4n) is 0.354. The van der Waals surface area contributed by atoms with Gasteiger partial charge in [0.1, 0.15) is 0 Å². The summed E-state index contributed by atoms with van der Waals surface area (Å²) in [6.45, 7) is 2.21. The first-order valence-corrected chi connectivity index (χ1v) is 3.80. The minimum absolute atomic E-state index is 0.750. The molecule has 0 rings (SSSR count). The van der Waals surface area contributed by atoms with E-state index in [0.717, 1.165) is 6.41 Å². The van der Waals surface area contributed by atoms with Crippen molar-refractivity contribution in [3.05, 3.63) is 0 Å². The van der Waals surface area contributed by atoms with Crippen molar-refractivity contribution in [2.75, 3.05) is 14.1 Å². The molecule has 0 aliphatic rings. The van der Waals surface area contributed by atoms with Crippen molar-refractivity contribution in [1.29, 1.82) is 0 Å². The Bertz CT molecular complexity index is 64.6. The second kappa shape index (κ2) is 11.8. The predicted molar refractivity (Wildman–Crippen MR) is 45.2 cm³/mol. The summed E-state index contributed by atoms with van der Waals surface area (Å²) in [7, 11) is 3.38. The summed E-state index contributed by atoms with van der Waals surface area (Å²) in [5.74, 6) is 0. The van der Waals surface area contributed by atoms with Crippen LogP contribution < -0.4 is 0 Å². The summed E-state index contributed by atoms with van der Waals surface area (Å²) in [6, 6.07) is 0. The van der Waals surface area contributed by atoms with Gasteiger partial charge in [-0.05, 0) is 0 Å². The third-order valence-electron chi connectivity index (χ3n) is 0.918. The molecule has 0 bridgehead atoms. The van der Waals surface area contributed by atoms with Crippen molar-refractivity contribution in [2.24, 2.45) is 0 Å². The van der Waals surface area contributed by atoms with E-state index < -0.39 is 0 Å². The van der Waals surface area contributed by atoms with E-state index >= 15 is 0 Å². The van der Waals surface area contributed by atoms with Crippen LogP contribution in [0.2, 0.25) is 5.09 Å². The Morgan fingerprint density at radius 1 is 1.50 bits per heavy atom. The molecule has 0 saturated carbocycles. The first kappa shape index (κ1) is 12.7. The summed E-state index contributed by atoms with van der Waals surface area (Å²) in [5, 5.41) is 1.34. The van der Waals surface area contributed by atoms with Crippen molar-refractivity contribution in [2.45, 2.75) is 24.9 Å². The number of hydrogen-bond acceptors (Lipinski definition) is 1. The Balaban J connectivity index is 0. The van der Waals surface area contributed by atoms with Gasteiger partial charge in [-0.15, -0.1) is 0 Å². The normalized spacial score (nSPS) is 7.70. The summed E-state index contributed by atoms with van der Waals surface area (Å²) in [4.78, 5) is 10.9. The SMILES string of the molecule is CN(C)C=O.[Li][CH2]CCC. The zero-order valence-corrected chi connectivity index (χ0v) is 7.55. The molecule has 0 unspecified atom stereocenters. The van der Waals surface area contributed by atoms with E-state index in [9.17, 15) is 4.79 Å². The zero-order chi connectivity index (χ0) is 8.41. The van der Waals surface area contributed by atoms with Crippen LogP contribution in [0.15, 0.2) is 0 Å². The molecule has 0 aliphatic carbocycles. The molecular weight excluding hydrogens is 121 g/mol. The molecule has 0 aromatic rings. The van der Waals surface area contributed by atoms with Gasteiger partial charge in [-0.3, -0.25) is 4.79 Å². The van der Waals surface area contributed by atoms with E-state index in [1.54, 1.807) is 14.1 Å². The first-order valence-electron chi connectivity index (χ1n) is 3.80. The summed E-state index contributed by atoms with van der Waals surface area (Å²) >= 11 is 2.21. The predicted octanol–water partition coefficient (Wildman–Crippen LogP) is 1.08. The minimum atomic E-state index is 0.750. The van der Waals surface area contributed by atoms with E-state index in [4.69, 9.17) is 0 Å². The molecule has 2 nitrogen and oxygen atoms in total. The fraction of sp³-hybridized carbons (Fsp3) is 0.857. The number of carbonyl (C=O) groups excluding carboxylic acids is 1. The molecule has 0 spiro atoms. The Kier molecular flexibility index (Phi) is 15.0. The van der Waals surface area contributed by atoms with Crippen LogP contribution in [0.5, 0.6) is 0 Å². The average molecular weight is 137 g/mol. The molecular formula is C7H16LiNO.